The van der Waals surface area contributed by atoms with Gasteiger partial charge in [0.05, 0.1) is 11.4 Å². The molecular formula is C32H24N2O4Pt. The van der Waals surface area contributed by atoms with Crippen molar-refractivity contribution in [2.24, 2.45) is 9.98 Å². The average molecular weight is 696 g/mol. The zero-order valence-corrected chi connectivity index (χ0v) is 22.9. The van der Waals surface area contributed by atoms with Gasteiger partial charge in [-0.25, -0.2) is 0 Å². The van der Waals surface area contributed by atoms with E-state index in [4.69, 9.17) is 9.47 Å². The zero-order chi connectivity index (χ0) is 26.2. The van der Waals surface area contributed by atoms with E-state index in [0.717, 1.165) is 0 Å². The fraction of sp³-hybridized carbons (Fsp3) is 0. The van der Waals surface area contributed by atoms with Crippen molar-refractivity contribution in [2.75, 3.05) is 0 Å². The molecule has 7 heteroatoms. The van der Waals surface area contributed by atoms with Crippen LogP contribution in [0.3, 0.4) is 0 Å². The molecule has 0 spiro atoms. The molecule has 0 unspecified atom stereocenters. The van der Waals surface area contributed by atoms with Crippen LogP contribution in [-0.2, 0) is 21.1 Å². The van der Waals surface area contributed by atoms with E-state index in [9.17, 15) is 10.2 Å². The number of ether oxygens (including phenoxy) is 2. The van der Waals surface area contributed by atoms with Crippen LogP contribution in [-0.4, -0.2) is 22.6 Å². The Kier molecular flexibility index (Phi) is 9.28. The maximum Gasteiger partial charge on any atom is 0.128 e. The van der Waals surface area contributed by atoms with Crippen LogP contribution in [0, 0.1) is 0 Å². The normalized spacial score (nSPS) is 10.9. The van der Waals surface area contributed by atoms with Gasteiger partial charge in [0.2, 0.25) is 0 Å². The Morgan fingerprint density at radius 3 is 1.26 bits per heavy atom. The van der Waals surface area contributed by atoms with Crippen molar-refractivity contribution in [1.29, 1.82) is 0 Å². The number of phenolic OH excluding ortho intramolecular Hbond substituents is 2. The summed E-state index contributed by atoms with van der Waals surface area (Å²) in [4.78, 5) is 9.10. The van der Waals surface area contributed by atoms with Crippen LogP contribution in [0.15, 0.2) is 131 Å². The first-order valence-electron chi connectivity index (χ1n) is 11.9. The number of phenols is 2. The van der Waals surface area contributed by atoms with Crippen molar-refractivity contribution in [2.45, 2.75) is 0 Å². The van der Waals surface area contributed by atoms with Gasteiger partial charge < -0.3 is 19.7 Å². The molecule has 0 aromatic heterocycles. The second kappa shape index (κ2) is 13.2. The molecule has 0 atom stereocenters. The van der Waals surface area contributed by atoms with Gasteiger partial charge in [-0.3, -0.25) is 9.98 Å². The molecule has 0 bridgehead atoms. The van der Waals surface area contributed by atoms with E-state index in [1.165, 1.54) is 0 Å². The molecule has 0 amide bonds. The van der Waals surface area contributed by atoms with Gasteiger partial charge in [-0.15, -0.1) is 0 Å². The summed E-state index contributed by atoms with van der Waals surface area (Å²) in [7, 11) is 0. The Hall–Kier alpha value is -4.67. The fourth-order valence-corrected chi connectivity index (χ4v) is 3.61. The first kappa shape index (κ1) is 27.4. The number of hydrogen-bond donors (Lipinski definition) is 2. The van der Waals surface area contributed by atoms with Crippen LogP contribution >= 0.6 is 0 Å². The van der Waals surface area contributed by atoms with Crippen LogP contribution in [0.2, 0.25) is 0 Å². The maximum absolute atomic E-state index is 10.3. The molecule has 0 saturated heterocycles. The summed E-state index contributed by atoms with van der Waals surface area (Å²) in [6.07, 6.45) is 3.13. The third kappa shape index (κ3) is 7.44. The Balaban J connectivity index is 0.00000353. The summed E-state index contributed by atoms with van der Waals surface area (Å²) in [6.45, 7) is 0. The Morgan fingerprint density at radius 2 is 0.846 bits per heavy atom. The van der Waals surface area contributed by atoms with Crippen molar-refractivity contribution in [1.82, 2.24) is 0 Å². The maximum atomic E-state index is 10.3. The van der Waals surface area contributed by atoms with E-state index >= 15 is 0 Å². The van der Waals surface area contributed by atoms with Crippen LogP contribution < -0.4 is 9.47 Å². The molecule has 0 fully saturated rings. The third-order valence-electron chi connectivity index (χ3n) is 5.52. The molecule has 5 aromatic carbocycles. The minimum atomic E-state index is 0. The van der Waals surface area contributed by atoms with E-state index in [1.807, 2.05) is 84.9 Å². The average Bonchev–Trinajstić information content (AvgIpc) is 2.95. The van der Waals surface area contributed by atoms with E-state index in [2.05, 4.69) is 9.98 Å². The van der Waals surface area contributed by atoms with Gasteiger partial charge >= 0.3 is 0 Å². The SMILES string of the molecule is Oc1ccc(Oc2ccccc2)cc1C=Nc1ccccc1N=Cc1cc(Oc2ccccc2)ccc1O.[Pt]. The minimum Gasteiger partial charge on any atom is -0.507 e. The number of rotatable bonds is 8. The van der Waals surface area contributed by atoms with Crippen LogP contribution in [0.25, 0.3) is 0 Å². The van der Waals surface area contributed by atoms with Crippen LogP contribution in [0.5, 0.6) is 34.5 Å². The van der Waals surface area contributed by atoms with Crippen molar-refractivity contribution < 1.29 is 40.8 Å². The monoisotopic (exact) mass is 695 g/mol. The largest absolute Gasteiger partial charge is 0.507 e. The summed E-state index contributed by atoms with van der Waals surface area (Å²) in [5, 5.41) is 20.7. The molecular weight excluding hydrogens is 671 g/mol. The van der Waals surface area contributed by atoms with E-state index in [0.29, 0.717) is 45.5 Å². The first-order valence-corrected chi connectivity index (χ1v) is 11.9. The van der Waals surface area contributed by atoms with Crippen molar-refractivity contribution in [3.63, 3.8) is 0 Å². The standard InChI is InChI=1S/C32H24N2O4.Pt/c35-31-17-15-27(37-25-9-3-1-4-10-25)19-23(31)21-33-29-13-7-8-14-30(29)34-22-24-20-28(16-18-32(24)36)38-26-11-5-2-6-12-26;/h1-22,35-36H;. The summed E-state index contributed by atoms with van der Waals surface area (Å²) < 4.78 is 11.7. The van der Waals surface area contributed by atoms with Gasteiger partial charge in [0.25, 0.3) is 0 Å². The van der Waals surface area contributed by atoms with Gasteiger partial charge in [0.1, 0.15) is 34.5 Å². The number of aliphatic imine (C=N–C) groups is 2. The van der Waals surface area contributed by atoms with Gasteiger partial charge in [0, 0.05) is 44.6 Å². The second-order valence-electron chi connectivity index (χ2n) is 8.28. The predicted molar refractivity (Wildman–Crippen MR) is 150 cm³/mol. The van der Waals surface area contributed by atoms with Crippen molar-refractivity contribution in [3.05, 3.63) is 132 Å². The molecule has 39 heavy (non-hydrogen) atoms. The molecule has 0 saturated carbocycles. The molecule has 0 aliphatic heterocycles. The Morgan fingerprint density at radius 1 is 0.462 bits per heavy atom. The molecule has 6 nitrogen and oxygen atoms in total. The number of aromatic hydroxyl groups is 2. The second-order valence-corrected chi connectivity index (χ2v) is 8.28. The zero-order valence-electron chi connectivity index (χ0n) is 20.6. The first-order chi connectivity index (χ1) is 18.6. The number of para-hydroxylation sites is 4. The van der Waals surface area contributed by atoms with E-state index in [-0.39, 0.29) is 32.6 Å². The predicted octanol–water partition coefficient (Wildman–Crippen LogP) is 8.18. The minimum absolute atomic E-state index is 0. The smallest absolute Gasteiger partial charge is 0.128 e. The fourth-order valence-electron chi connectivity index (χ4n) is 3.61. The molecule has 2 N–H and O–H groups in total. The van der Waals surface area contributed by atoms with Crippen molar-refractivity contribution in [3.8, 4) is 34.5 Å². The summed E-state index contributed by atoms with van der Waals surface area (Å²) in [5.74, 6) is 2.71. The molecule has 0 aliphatic carbocycles. The molecule has 5 aromatic rings. The van der Waals surface area contributed by atoms with Crippen LogP contribution in [0.1, 0.15) is 11.1 Å². The number of nitrogens with zero attached hydrogens (tertiary/aromatic N) is 2. The quantitative estimate of drug-likeness (QED) is 0.161. The van der Waals surface area contributed by atoms with E-state index in [1.54, 1.807) is 48.8 Å². The molecule has 0 radical (unpaired) electrons. The number of benzene rings is 5. The van der Waals surface area contributed by atoms with Gasteiger partial charge in [-0.2, -0.15) is 0 Å². The van der Waals surface area contributed by atoms with Gasteiger partial charge in [-0.05, 0) is 72.8 Å². The van der Waals surface area contributed by atoms with Gasteiger partial charge in [0.15, 0.2) is 0 Å². The molecule has 196 valence electrons. The topological polar surface area (TPSA) is 83.6 Å². The summed E-state index contributed by atoms with van der Waals surface area (Å²) >= 11 is 0. The summed E-state index contributed by atoms with van der Waals surface area (Å²) in [6, 6.07) is 36.1. The molecule has 0 aliphatic rings. The Bertz CT molecular complexity index is 1470. The van der Waals surface area contributed by atoms with E-state index < -0.39 is 0 Å². The Labute approximate surface area is 240 Å². The van der Waals surface area contributed by atoms with Gasteiger partial charge in [-0.1, -0.05) is 48.5 Å². The molecule has 0 heterocycles. The molecule has 5 rings (SSSR count). The van der Waals surface area contributed by atoms with Crippen LogP contribution in [0.4, 0.5) is 11.4 Å². The third-order valence-corrected chi connectivity index (χ3v) is 5.52. The van der Waals surface area contributed by atoms with Crippen molar-refractivity contribution >= 4 is 23.8 Å². The number of hydrogen-bond acceptors (Lipinski definition) is 6. The summed E-state index contributed by atoms with van der Waals surface area (Å²) in [5.41, 5.74) is 2.18.